The van der Waals surface area contributed by atoms with Crippen molar-refractivity contribution < 1.29 is 32.3 Å². The highest BCUT2D eigenvalue weighted by atomic mass is 32.1. The van der Waals surface area contributed by atoms with Crippen molar-refractivity contribution in [2.45, 2.75) is 20.0 Å². The minimum Gasteiger partial charge on any atom is -0.462 e. The lowest BCUT2D eigenvalue weighted by molar-refractivity contribution is -0.141. The van der Waals surface area contributed by atoms with Gasteiger partial charge in [0, 0.05) is 13.1 Å². The zero-order valence-corrected chi connectivity index (χ0v) is 15.2. The summed E-state index contributed by atoms with van der Waals surface area (Å²) in [6.07, 6.45) is -4.72. The monoisotopic (exact) mass is 404 g/mol. The number of anilines is 1. The highest BCUT2D eigenvalue weighted by molar-refractivity contribution is 7.18. The van der Waals surface area contributed by atoms with Gasteiger partial charge in [-0.15, -0.1) is 11.3 Å². The predicted molar refractivity (Wildman–Crippen MR) is 89.7 cm³/mol. The molecule has 0 saturated carbocycles. The van der Waals surface area contributed by atoms with E-state index in [2.05, 4.69) is 10.4 Å². The summed E-state index contributed by atoms with van der Waals surface area (Å²) in [6, 6.07) is 0.578. The second-order valence-corrected chi connectivity index (χ2v) is 6.36. The molecule has 0 saturated heterocycles. The molecular formula is C15H15F3N4O4S. The summed E-state index contributed by atoms with van der Waals surface area (Å²) < 4.78 is 43.9. The molecule has 0 aliphatic carbocycles. The fourth-order valence-corrected chi connectivity index (χ4v) is 3.31. The average molecular weight is 404 g/mol. The van der Waals surface area contributed by atoms with Gasteiger partial charge in [-0.3, -0.25) is 14.3 Å². The Morgan fingerprint density at radius 1 is 1.37 bits per heavy atom. The van der Waals surface area contributed by atoms with E-state index >= 15 is 0 Å². The number of alkyl halides is 3. The number of nitrogens with one attached hydrogen (secondary N) is 1. The Labute approximate surface area is 155 Å². The molecule has 0 unspecified atom stereocenters. The normalized spacial score (nSPS) is 11.3. The number of nitrogens with zero attached hydrogens (tertiary/aromatic N) is 2. The van der Waals surface area contributed by atoms with Crippen LogP contribution in [0.2, 0.25) is 0 Å². The number of carbonyl (C=O) groups excluding carboxylic acids is 3. The van der Waals surface area contributed by atoms with E-state index in [0.717, 1.165) is 16.0 Å². The van der Waals surface area contributed by atoms with Gasteiger partial charge in [-0.2, -0.15) is 18.3 Å². The fraction of sp³-hybridized carbons (Fsp3) is 0.333. The van der Waals surface area contributed by atoms with E-state index in [4.69, 9.17) is 10.5 Å². The van der Waals surface area contributed by atoms with Crippen LogP contribution < -0.4 is 11.1 Å². The van der Waals surface area contributed by atoms with E-state index in [9.17, 15) is 27.6 Å². The van der Waals surface area contributed by atoms with Gasteiger partial charge in [0.25, 0.3) is 11.8 Å². The summed E-state index contributed by atoms with van der Waals surface area (Å²) in [7, 11) is 1.17. The molecule has 0 radical (unpaired) electrons. The van der Waals surface area contributed by atoms with Gasteiger partial charge in [0.2, 0.25) is 0 Å². The van der Waals surface area contributed by atoms with E-state index in [0.29, 0.717) is 6.07 Å². The van der Waals surface area contributed by atoms with Crippen LogP contribution in [0.5, 0.6) is 0 Å². The smallest absolute Gasteiger partial charge is 0.435 e. The molecule has 2 rings (SSSR count). The van der Waals surface area contributed by atoms with Gasteiger partial charge >= 0.3 is 12.1 Å². The molecule has 0 fully saturated rings. The minimum atomic E-state index is -4.72. The van der Waals surface area contributed by atoms with E-state index in [1.165, 1.54) is 14.0 Å². The van der Waals surface area contributed by atoms with Crippen LogP contribution >= 0.6 is 11.3 Å². The number of nitrogens with two attached hydrogens (primary N) is 1. The summed E-state index contributed by atoms with van der Waals surface area (Å²) in [5, 5.41) is 5.53. The molecule has 27 heavy (non-hydrogen) atoms. The second-order valence-electron chi connectivity index (χ2n) is 5.34. The van der Waals surface area contributed by atoms with Crippen LogP contribution in [-0.4, -0.2) is 34.2 Å². The summed E-state index contributed by atoms with van der Waals surface area (Å²) >= 11 is 0.730. The van der Waals surface area contributed by atoms with Crippen molar-refractivity contribution in [1.82, 2.24) is 9.78 Å². The molecule has 0 aromatic carbocycles. The van der Waals surface area contributed by atoms with Gasteiger partial charge in [0.15, 0.2) is 5.69 Å². The number of primary amides is 1. The number of carbonyl (C=O) groups is 3. The first-order valence-electron chi connectivity index (χ1n) is 7.50. The number of hydrogen-bond donors (Lipinski definition) is 2. The number of ether oxygens (including phenoxy) is 1. The van der Waals surface area contributed by atoms with Crippen molar-refractivity contribution in [1.29, 1.82) is 0 Å². The molecule has 2 heterocycles. The highest BCUT2D eigenvalue weighted by Gasteiger charge is 2.35. The van der Waals surface area contributed by atoms with Crippen LogP contribution in [0.15, 0.2) is 6.07 Å². The molecule has 2 aromatic heterocycles. The number of aromatic nitrogens is 2. The van der Waals surface area contributed by atoms with E-state index in [1.54, 1.807) is 6.92 Å². The van der Waals surface area contributed by atoms with E-state index in [1.807, 2.05) is 0 Å². The van der Waals surface area contributed by atoms with Crippen molar-refractivity contribution in [2.75, 3.05) is 11.9 Å². The van der Waals surface area contributed by atoms with Crippen LogP contribution in [0.25, 0.3) is 0 Å². The van der Waals surface area contributed by atoms with Crippen LogP contribution in [0.1, 0.15) is 48.7 Å². The van der Waals surface area contributed by atoms with Gasteiger partial charge in [0.05, 0.1) is 17.0 Å². The Morgan fingerprint density at radius 2 is 2.00 bits per heavy atom. The van der Waals surface area contributed by atoms with Crippen molar-refractivity contribution in [3.63, 3.8) is 0 Å². The zero-order valence-electron chi connectivity index (χ0n) is 14.4. The molecule has 12 heteroatoms. The minimum absolute atomic E-state index is 0.0225. The van der Waals surface area contributed by atoms with Crippen molar-refractivity contribution >= 4 is 34.1 Å². The number of thiophene rings is 1. The van der Waals surface area contributed by atoms with Gasteiger partial charge < -0.3 is 15.8 Å². The molecule has 2 aromatic rings. The Hall–Kier alpha value is -2.89. The number of amides is 2. The number of hydrogen-bond acceptors (Lipinski definition) is 6. The third-order valence-electron chi connectivity index (χ3n) is 3.48. The lowest BCUT2D eigenvalue weighted by Crippen LogP contribution is -2.17. The Bertz CT molecular complexity index is 917. The Morgan fingerprint density at radius 3 is 2.48 bits per heavy atom. The molecule has 0 atom stereocenters. The third-order valence-corrected chi connectivity index (χ3v) is 4.70. The van der Waals surface area contributed by atoms with Crippen LogP contribution in [-0.2, 0) is 18.0 Å². The first-order valence-corrected chi connectivity index (χ1v) is 8.31. The number of aryl methyl sites for hydroxylation is 1. The van der Waals surface area contributed by atoms with Crippen LogP contribution in [0.3, 0.4) is 0 Å². The summed E-state index contributed by atoms with van der Waals surface area (Å²) in [4.78, 5) is 36.1. The molecule has 0 bridgehead atoms. The lowest BCUT2D eigenvalue weighted by Gasteiger charge is -2.07. The molecule has 0 aliphatic heterocycles. The molecule has 0 spiro atoms. The highest BCUT2D eigenvalue weighted by Crippen LogP contribution is 2.34. The quantitative estimate of drug-likeness (QED) is 0.742. The Balaban J connectivity index is 2.43. The Kier molecular flexibility index (Phi) is 5.59. The second kappa shape index (κ2) is 7.39. The summed E-state index contributed by atoms with van der Waals surface area (Å²) in [5.74, 6) is -2.55. The maximum absolute atomic E-state index is 12.8. The van der Waals surface area contributed by atoms with Gasteiger partial charge in [-0.1, -0.05) is 0 Å². The van der Waals surface area contributed by atoms with E-state index < -0.39 is 29.7 Å². The van der Waals surface area contributed by atoms with Gasteiger partial charge in [-0.25, -0.2) is 4.79 Å². The van der Waals surface area contributed by atoms with Gasteiger partial charge in [0.1, 0.15) is 10.7 Å². The summed E-state index contributed by atoms with van der Waals surface area (Å²) in [5.41, 5.74) is 3.76. The van der Waals surface area contributed by atoms with E-state index in [-0.39, 0.29) is 33.3 Å². The molecule has 3 N–H and O–H groups in total. The summed E-state index contributed by atoms with van der Waals surface area (Å²) in [6.45, 7) is 3.07. The SMILES string of the molecule is CCOC(=O)c1c(NC(=O)c2cc(C(F)(F)F)nn2C)sc(C(N)=O)c1C. The van der Waals surface area contributed by atoms with Crippen molar-refractivity contribution in [2.24, 2.45) is 12.8 Å². The largest absolute Gasteiger partial charge is 0.462 e. The topological polar surface area (TPSA) is 116 Å². The maximum Gasteiger partial charge on any atom is 0.435 e. The van der Waals surface area contributed by atoms with Crippen LogP contribution in [0.4, 0.5) is 18.2 Å². The van der Waals surface area contributed by atoms with Crippen molar-refractivity contribution in [3.05, 3.63) is 33.5 Å². The fourth-order valence-electron chi connectivity index (χ4n) is 2.27. The molecular weight excluding hydrogens is 389 g/mol. The molecule has 2 amide bonds. The zero-order chi connectivity index (χ0) is 20.5. The van der Waals surface area contributed by atoms with Crippen molar-refractivity contribution in [3.8, 4) is 0 Å². The standard InChI is InChI=1S/C15H15F3N4O4S/c1-4-26-14(25)9-6(2)10(11(19)23)27-13(9)20-12(24)7-5-8(15(16,17)18)21-22(7)3/h5H,4H2,1-3H3,(H2,19,23)(H,20,24). The first-order chi connectivity index (χ1) is 12.5. The predicted octanol–water partition coefficient (Wildman–Crippen LogP) is 2.34. The third kappa shape index (κ3) is 4.10. The number of halogens is 3. The molecule has 8 nitrogen and oxygen atoms in total. The maximum atomic E-state index is 12.8. The van der Waals surface area contributed by atoms with Gasteiger partial charge in [-0.05, 0) is 19.4 Å². The molecule has 146 valence electrons. The number of esters is 1. The molecule has 0 aliphatic rings. The van der Waals surface area contributed by atoms with Crippen LogP contribution in [0, 0.1) is 6.92 Å². The lowest BCUT2D eigenvalue weighted by atomic mass is 10.1. The first kappa shape index (κ1) is 20.4. The average Bonchev–Trinajstić information content (AvgIpc) is 3.08. The number of rotatable bonds is 5.